The molecule has 0 radical (unpaired) electrons. The SMILES string of the molecule is CC1=Nc2nc(N3CCOCC3)nc(N3CCOCC3)c2C(c2cccnc2)C1C(=O)Nc1ccccc1. The van der Waals surface area contributed by atoms with Crippen molar-refractivity contribution >= 4 is 34.9 Å². The number of aromatic nitrogens is 3. The molecule has 3 aromatic rings. The highest BCUT2D eigenvalue weighted by molar-refractivity contribution is 6.11. The van der Waals surface area contributed by atoms with Gasteiger partial charge in [0.15, 0.2) is 5.82 Å². The van der Waals surface area contributed by atoms with Crippen molar-refractivity contribution in [2.24, 2.45) is 10.9 Å². The predicted molar refractivity (Wildman–Crippen MR) is 146 cm³/mol. The van der Waals surface area contributed by atoms with Crippen molar-refractivity contribution in [2.75, 3.05) is 67.7 Å². The molecular weight excluding hydrogens is 482 g/mol. The number of aliphatic imine (C=N–C) groups is 1. The zero-order valence-electron chi connectivity index (χ0n) is 21.4. The highest BCUT2D eigenvalue weighted by Gasteiger charge is 2.42. The van der Waals surface area contributed by atoms with Crippen molar-refractivity contribution in [2.45, 2.75) is 12.8 Å². The minimum absolute atomic E-state index is 0.123. The molecule has 1 amide bonds. The van der Waals surface area contributed by atoms with Gasteiger partial charge in [-0.25, -0.2) is 4.99 Å². The minimum atomic E-state index is -0.551. The first-order valence-electron chi connectivity index (χ1n) is 13.1. The first kappa shape index (κ1) is 24.4. The van der Waals surface area contributed by atoms with Crippen molar-refractivity contribution in [3.63, 3.8) is 0 Å². The second-order valence-electron chi connectivity index (χ2n) is 9.63. The third kappa shape index (κ3) is 4.84. The number of hydrogen-bond acceptors (Lipinski definition) is 9. The molecule has 3 aliphatic heterocycles. The van der Waals surface area contributed by atoms with Crippen molar-refractivity contribution in [1.29, 1.82) is 0 Å². The van der Waals surface area contributed by atoms with Crippen LogP contribution in [-0.2, 0) is 14.3 Å². The lowest BCUT2D eigenvalue weighted by Crippen LogP contribution is -2.42. The van der Waals surface area contributed by atoms with Crippen LogP contribution in [0.15, 0.2) is 59.9 Å². The standard InChI is InChI=1S/C28H31N7O3/c1-19-22(27(36)31-21-7-3-2-4-8-21)23(20-6-5-9-29-18-20)24-25(30-19)32-28(35-12-16-38-17-13-35)33-26(24)34-10-14-37-15-11-34/h2-9,18,22-23H,10-17H2,1H3,(H,31,36). The van der Waals surface area contributed by atoms with Crippen molar-refractivity contribution in [3.05, 3.63) is 66.0 Å². The van der Waals surface area contributed by atoms with E-state index in [1.165, 1.54) is 0 Å². The molecule has 0 bridgehead atoms. The fraction of sp³-hybridized carbons (Fsp3) is 0.393. The third-order valence-electron chi connectivity index (χ3n) is 7.24. The molecule has 0 aliphatic carbocycles. The number of fused-ring (bicyclic) bond motifs is 1. The Balaban J connectivity index is 1.50. The van der Waals surface area contributed by atoms with Gasteiger partial charge >= 0.3 is 0 Å². The van der Waals surface area contributed by atoms with Crippen LogP contribution in [0, 0.1) is 5.92 Å². The molecular formula is C28H31N7O3. The van der Waals surface area contributed by atoms with E-state index in [1.54, 1.807) is 6.20 Å². The summed E-state index contributed by atoms with van der Waals surface area (Å²) < 4.78 is 11.2. The number of pyridine rings is 1. The molecule has 0 saturated carbocycles. The van der Waals surface area contributed by atoms with Gasteiger partial charge in [-0.1, -0.05) is 24.3 Å². The summed E-state index contributed by atoms with van der Waals surface area (Å²) in [5.74, 6) is 1.03. The Morgan fingerprint density at radius 1 is 0.921 bits per heavy atom. The van der Waals surface area contributed by atoms with Crippen LogP contribution in [0.1, 0.15) is 24.0 Å². The number of hydrogen-bond donors (Lipinski definition) is 1. The van der Waals surface area contributed by atoms with Gasteiger partial charge in [-0.3, -0.25) is 9.78 Å². The zero-order valence-corrected chi connectivity index (χ0v) is 21.4. The summed E-state index contributed by atoms with van der Waals surface area (Å²) in [7, 11) is 0. The summed E-state index contributed by atoms with van der Waals surface area (Å²) in [6.45, 7) is 7.26. The van der Waals surface area contributed by atoms with Gasteiger partial charge in [0.05, 0.1) is 32.3 Å². The molecule has 2 saturated heterocycles. The number of rotatable bonds is 5. The van der Waals surface area contributed by atoms with Gasteiger partial charge in [-0.2, -0.15) is 9.97 Å². The summed E-state index contributed by atoms with van der Waals surface area (Å²) in [6.07, 6.45) is 3.57. The monoisotopic (exact) mass is 513 g/mol. The fourth-order valence-corrected chi connectivity index (χ4v) is 5.37. The van der Waals surface area contributed by atoms with E-state index in [0.29, 0.717) is 57.0 Å². The number of para-hydroxylation sites is 1. The average molecular weight is 514 g/mol. The van der Waals surface area contributed by atoms with Gasteiger partial charge in [0.25, 0.3) is 0 Å². The summed E-state index contributed by atoms with van der Waals surface area (Å²) in [4.78, 5) is 37.7. The summed E-state index contributed by atoms with van der Waals surface area (Å²) in [6, 6.07) is 13.4. The smallest absolute Gasteiger partial charge is 0.234 e. The first-order valence-corrected chi connectivity index (χ1v) is 13.1. The van der Waals surface area contributed by atoms with Crippen LogP contribution in [0.4, 0.5) is 23.3 Å². The van der Waals surface area contributed by atoms with Crippen molar-refractivity contribution in [1.82, 2.24) is 15.0 Å². The molecule has 6 rings (SSSR count). The van der Waals surface area contributed by atoms with Gasteiger partial charge in [-0.05, 0) is 30.7 Å². The van der Waals surface area contributed by atoms with Crippen LogP contribution in [0.25, 0.3) is 0 Å². The molecule has 2 fully saturated rings. The van der Waals surface area contributed by atoms with E-state index in [9.17, 15) is 4.79 Å². The molecule has 0 spiro atoms. The van der Waals surface area contributed by atoms with Crippen molar-refractivity contribution < 1.29 is 14.3 Å². The Kier molecular flexibility index (Phi) is 6.98. The minimum Gasteiger partial charge on any atom is -0.378 e. The maximum absolute atomic E-state index is 13.9. The lowest BCUT2D eigenvalue weighted by atomic mass is 9.76. The van der Waals surface area contributed by atoms with E-state index in [2.05, 4.69) is 20.1 Å². The number of anilines is 3. The van der Waals surface area contributed by atoms with Crippen LogP contribution in [0.2, 0.25) is 0 Å². The summed E-state index contributed by atoms with van der Waals surface area (Å²) >= 11 is 0. The molecule has 3 aliphatic rings. The lowest BCUT2D eigenvalue weighted by molar-refractivity contribution is -0.118. The Morgan fingerprint density at radius 2 is 1.63 bits per heavy atom. The Bertz CT molecular complexity index is 1310. The van der Waals surface area contributed by atoms with Gasteiger partial charge in [0.1, 0.15) is 5.82 Å². The van der Waals surface area contributed by atoms with Crippen LogP contribution in [0.3, 0.4) is 0 Å². The number of nitrogens with one attached hydrogen (secondary N) is 1. The Morgan fingerprint density at radius 3 is 2.32 bits per heavy atom. The summed E-state index contributed by atoms with van der Waals surface area (Å²) in [5, 5.41) is 3.10. The molecule has 196 valence electrons. The van der Waals surface area contributed by atoms with E-state index in [0.717, 1.165) is 35.7 Å². The average Bonchev–Trinajstić information content (AvgIpc) is 2.97. The van der Waals surface area contributed by atoms with Gasteiger partial charge in [-0.15, -0.1) is 0 Å². The number of amides is 1. The lowest BCUT2D eigenvalue weighted by Gasteiger charge is -2.37. The van der Waals surface area contributed by atoms with Gasteiger partial charge in [0, 0.05) is 61.5 Å². The zero-order chi connectivity index (χ0) is 25.9. The number of carbonyl (C=O) groups excluding carboxylic acids is 1. The van der Waals surface area contributed by atoms with Crippen LogP contribution in [0.5, 0.6) is 0 Å². The Labute approximate surface area is 221 Å². The molecule has 10 nitrogen and oxygen atoms in total. The van der Waals surface area contributed by atoms with Crippen LogP contribution >= 0.6 is 0 Å². The van der Waals surface area contributed by atoms with E-state index < -0.39 is 5.92 Å². The molecule has 1 N–H and O–H groups in total. The normalized spacial score (nSPS) is 21.4. The molecule has 1 aromatic carbocycles. The van der Waals surface area contributed by atoms with Crippen molar-refractivity contribution in [3.8, 4) is 0 Å². The highest BCUT2D eigenvalue weighted by Crippen LogP contribution is 2.46. The second kappa shape index (κ2) is 10.8. The molecule has 2 aromatic heterocycles. The summed E-state index contributed by atoms with van der Waals surface area (Å²) in [5.41, 5.74) is 3.23. The molecule has 5 heterocycles. The van der Waals surface area contributed by atoms with Gasteiger partial charge in [0.2, 0.25) is 11.9 Å². The molecule has 2 atom stereocenters. The van der Waals surface area contributed by atoms with E-state index in [-0.39, 0.29) is 11.8 Å². The number of benzene rings is 1. The molecule has 2 unspecified atom stereocenters. The maximum atomic E-state index is 13.9. The van der Waals surface area contributed by atoms with E-state index in [1.807, 2.05) is 55.6 Å². The van der Waals surface area contributed by atoms with E-state index in [4.69, 9.17) is 24.4 Å². The predicted octanol–water partition coefficient (Wildman–Crippen LogP) is 3.04. The topological polar surface area (TPSA) is 105 Å². The van der Waals surface area contributed by atoms with E-state index >= 15 is 0 Å². The van der Waals surface area contributed by atoms with Crippen LogP contribution < -0.4 is 15.1 Å². The number of ether oxygens (including phenoxy) is 2. The largest absolute Gasteiger partial charge is 0.378 e. The number of morpholine rings is 2. The first-order chi connectivity index (χ1) is 18.7. The van der Waals surface area contributed by atoms with Crippen LogP contribution in [-0.4, -0.2) is 79.2 Å². The van der Waals surface area contributed by atoms with Gasteiger partial charge < -0.3 is 24.6 Å². The maximum Gasteiger partial charge on any atom is 0.234 e. The molecule has 38 heavy (non-hydrogen) atoms. The molecule has 10 heteroatoms. The Hall–Kier alpha value is -3.89. The quantitative estimate of drug-likeness (QED) is 0.555. The third-order valence-corrected chi connectivity index (χ3v) is 7.24. The highest BCUT2D eigenvalue weighted by atomic mass is 16.5. The second-order valence-corrected chi connectivity index (χ2v) is 9.63. The number of carbonyl (C=O) groups is 1. The fourth-order valence-electron chi connectivity index (χ4n) is 5.37. The number of nitrogens with zero attached hydrogens (tertiary/aromatic N) is 6.